The van der Waals surface area contributed by atoms with E-state index in [1.807, 2.05) is 0 Å². The summed E-state index contributed by atoms with van der Waals surface area (Å²) in [6.07, 6.45) is -0.808. The predicted octanol–water partition coefficient (Wildman–Crippen LogP) is 3.11. The fourth-order valence-electron chi connectivity index (χ4n) is 1.37. The number of nitriles is 1. The number of benzene rings is 1. The van der Waals surface area contributed by atoms with Crippen molar-refractivity contribution in [3.8, 4) is 6.07 Å². The van der Waals surface area contributed by atoms with Gasteiger partial charge >= 0.3 is 5.97 Å². The number of halogens is 1. The highest BCUT2D eigenvalue weighted by atomic mass is 32.1. The lowest BCUT2D eigenvalue weighted by molar-refractivity contribution is 0.0441. The van der Waals surface area contributed by atoms with E-state index < -0.39 is 12.1 Å². The number of nitrogens with zero attached hydrogens (tertiary/aromatic N) is 1. The first-order chi connectivity index (χ1) is 8.11. The van der Waals surface area contributed by atoms with Crippen LogP contribution in [0.15, 0.2) is 24.3 Å². The van der Waals surface area contributed by atoms with Crippen molar-refractivity contribution < 1.29 is 13.9 Å². The summed E-state index contributed by atoms with van der Waals surface area (Å²) in [5.74, 6) is -0.967. The van der Waals surface area contributed by atoms with Crippen molar-refractivity contribution in [2.24, 2.45) is 0 Å². The average Bonchev–Trinajstić information content (AvgIpc) is 2.74. The first kappa shape index (κ1) is 11.6. The van der Waals surface area contributed by atoms with Crippen molar-refractivity contribution in [2.75, 3.05) is 0 Å². The molecule has 0 saturated carbocycles. The molecule has 0 bridgehead atoms. The van der Waals surface area contributed by atoms with Gasteiger partial charge < -0.3 is 4.74 Å². The largest absolute Gasteiger partial charge is 0.443 e. The number of thiophene rings is 1. The van der Waals surface area contributed by atoms with Crippen LogP contribution < -0.4 is 0 Å². The predicted molar refractivity (Wildman–Crippen MR) is 62.3 cm³/mol. The van der Waals surface area contributed by atoms with E-state index in [9.17, 15) is 9.18 Å². The van der Waals surface area contributed by atoms with Gasteiger partial charge in [-0.3, -0.25) is 0 Å². The molecule has 2 aromatic rings. The molecule has 0 aliphatic rings. The average molecular weight is 249 g/mol. The smallest absolute Gasteiger partial charge is 0.349 e. The van der Waals surface area contributed by atoms with Crippen molar-refractivity contribution in [1.82, 2.24) is 0 Å². The normalized spacial score (nSPS) is 12.1. The molecular formula is C12H8FNO2S. The van der Waals surface area contributed by atoms with Crippen LogP contribution in [0.1, 0.15) is 16.6 Å². The van der Waals surface area contributed by atoms with Crippen LogP contribution in [-0.4, -0.2) is 12.1 Å². The van der Waals surface area contributed by atoms with Gasteiger partial charge in [0.15, 0.2) is 6.10 Å². The molecule has 0 spiro atoms. The summed E-state index contributed by atoms with van der Waals surface area (Å²) in [7, 11) is 0. The molecule has 1 aromatic carbocycles. The van der Waals surface area contributed by atoms with Crippen LogP contribution in [0.5, 0.6) is 0 Å². The molecule has 17 heavy (non-hydrogen) atoms. The molecule has 0 aliphatic heterocycles. The quantitative estimate of drug-likeness (QED) is 0.768. The Hall–Kier alpha value is -1.93. The van der Waals surface area contributed by atoms with Gasteiger partial charge in [0, 0.05) is 10.1 Å². The zero-order chi connectivity index (χ0) is 12.4. The van der Waals surface area contributed by atoms with Gasteiger partial charge in [0.05, 0.1) is 0 Å². The third-order valence-electron chi connectivity index (χ3n) is 2.18. The molecule has 0 unspecified atom stereocenters. The number of rotatable bonds is 2. The second-order valence-electron chi connectivity index (χ2n) is 3.44. The van der Waals surface area contributed by atoms with Crippen LogP contribution >= 0.6 is 11.3 Å². The molecule has 5 heteroatoms. The summed E-state index contributed by atoms with van der Waals surface area (Å²) in [5.41, 5.74) is 0. The number of ether oxygens (including phenoxy) is 1. The van der Waals surface area contributed by atoms with Crippen molar-refractivity contribution in [1.29, 1.82) is 5.26 Å². The Balaban J connectivity index is 2.34. The van der Waals surface area contributed by atoms with Crippen molar-refractivity contribution in [3.63, 3.8) is 0 Å². The van der Waals surface area contributed by atoms with E-state index in [0.29, 0.717) is 15.0 Å². The Morgan fingerprint density at radius 1 is 1.59 bits per heavy atom. The van der Waals surface area contributed by atoms with Crippen LogP contribution in [0.3, 0.4) is 0 Å². The topological polar surface area (TPSA) is 50.1 Å². The molecule has 0 amide bonds. The molecule has 86 valence electrons. The minimum absolute atomic E-state index is 0.298. The zero-order valence-electron chi connectivity index (χ0n) is 8.94. The van der Waals surface area contributed by atoms with Crippen LogP contribution in [0.2, 0.25) is 0 Å². The van der Waals surface area contributed by atoms with E-state index in [0.717, 1.165) is 11.3 Å². The second-order valence-corrected chi connectivity index (χ2v) is 4.52. The molecular weight excluding hydrogens is 241 g/mol. The maximum atomic E-state index is 13.4. The Morgan fingerprint density at radius 2 is 2.35 bits per heavy atom. The molecule has 1 heterocycles. The summed E-state index contributed by atoms with van der Waals surface area (Å²) in [6, 6.07) is 7.89. The Labute approximate surface area is 101 Å². The van der Waals surface area contributed by atoms with Crippen molar-refractivity contribution >= 4 is 27.4 Å². The lowest BCUT2D eigenvalue weighted by Crippen LogP contribution is -2.11. The standard InChI is InChI=1S/C12H8FNO2S/c1-7(6-14)16-12(15)11-5-8-9(13)3-2-4-10(8)17-11/h2-5,7H,1H3/t7-/m1/s1. The number of hydrogen-bond donors (Lipinski definition) is 0. The number of carbonyl (C=O) groups excluding carboxylic acids is 1. The summed E-state index contributed by atoms with van der Waals surface area (Å²) < 4.78 is 18.9. The number of fused-ring (bicyclic) bond motifs is 1. The maximum absolute atomic E-state index is 13.4. The van der Waals surface area contributed by atoms with Crippen molar-refractivity contribution in [3.05, 3.63) is 35.0 Å². The fraction of sp³-hybridized carbons (Fsp3) is 0.167. The summed E-state index contributed by atoms with van der Waals surface area (Å²) in [6.45, 7) is 1.48. The highest BCUT2D eigenvalue weighted by molar-refractivity contribution is 7.20. The zero-order valence-corrected chi connectivity index (χ0v) is 9.75. The monoisotopic (exact) mass is 249 g/mol. The van der Waals surface area contributed by atoms with Crippen LogP contribution in [0.25, 0.3) is 10.1 Å². The van der Waals surface area contributed by atoms with Crippen LogP contribution in [0.4, 0.5) is 4.39 Å². The van der Waals surface area contributed by atoms with E-state index in [-0.39, 0.29) is 5.82 Å². The summed E-state index contributed by atoms with van der Waals surface area (Å²) in [4.78, 5) is 11.9. The van der Waals surface area contributed by atoms with Gasteiger partial charge in [-0.1, -0.05) is 6.07 Å². The second kappa shape index (κ2) is 4.52. The molecule has 1 aromatic heterocycles. The fourth-order valence-corrected chi connectivity index (χ4v) is 2.33. The van der Waals surface area contributed by atoms with Gasteiger partial charge in [-0.2, -0.15) is 5.26 Å². The Kier molecular flexibility index (Phi) is 3.07. The lowest BCUT2D eigenvalue weighted by atomic mass is 10.2. The minimum atomic E-state index is -0.808. The van der Waals surface area contributed by atoms with E-state index >= 15 is 0 Å². The third kappa shape index (κ3) is 2.27. The molecule has 0 fully saturated rings. The Bertz CT molecular complexity index is 614. The molecule has 2 rings (SSSR count). The van der Waals surface area contributed by atoms with Crippen molar-refractivity contribution in [2.45, 2.75) is 13.0 Å². The summed E-state index contributed by atoms with van der Waals surface area (Å²) >= 11 is 1.15. The lowest BCUT2D eigenvalue weighted by Gasteiger charge is -2.02. The van der Waals surface area contributed by atoms with Gasteiger partial charge in [-0.05, 0) is 25.1 Å². The molecule has 0 aliphatic carbocycles. The van der Waals surface area contributed by atoms with Crippen LogP contribution in [-0.2, 0) is 4.74 Å². The van der Waals surface area contributed by atoms with Gasteiger partial charge in [0.25, 0.3) is 0 Å². The van der Waals surface area contributed by atoms with E-state index in [2.05, 4.69) is 0 Å². The maximum Gasteiger partial charge on any atom is 0.349 e. The Morgan fingerprint density at radius 3 is 3.00 bits per heavy atom. The minimum Gasteiger partial charge on any atom is -0.443 e. The van der Waals surface area contributed by atoms with Gasteiger partial charge in [0.1, 0.15) is 16.8 Å². The molecule has 3 nitrogen and oxygen atoms in total. The van der Waals surface area contributed by atoms with E-state index in [1.54, 1.807) is 18.2 Å². The number of esters is 1. The third-order valence-corrected chi connectivity index (χ3v) is 3.26. The number of carbonyl (C=O) groups is 1. The summed E-state index contributed by atoms with van der Waals surface area (Å²) in [5, 5.41) is 8.93. The van der Waals surface area contributed by atoms with Gasteiger partial charge in [-0.25, -0.2) is 9.18 Å². The molecule has 0 N–H and O–H groups in total. The first-order valence-corrected chi connectivity index (χ1v) is 5.72. The van der Waals surface area contributed by atoms with Gasteiger partial charge in [0.2, 0.25) is 0 Å². The molecule has 0 saturated heterocycles. The highest BCUT2D eigenvalue weighted by Crippen LogP contribution is 2.28. The highest BCUT2D eigenvalue weighted by Gasteiger charge is 2.15. The van der Waals surface area contributed by atoms with Crippen LogP contribution in [0, 0.1) is 17.1 Å². The van der Waals surface area contributed by atoms with Gasteiger partial charge in [-0.15, -0.1) is 11.3 Å². The molecule has 1 atom stereocenters. The first-order valence-electron chi connectivity index (χ1n) is 4.90. The number of hydrogen-bond acceptors (Lipinski definition) is 4. The van der Waals surface area contributed by atoms with E-state index in [1.165, 1.54) is 19.1 Å². The SMILES string of the molecule is C[C@H](C#N)OC(=O)c1cc2c(F)cccc2s1. The van der Waals surface area contributed by atoms with E-state index in [4.69, 9.17) is 10.00 Å². The molecule has 0 radical (unpaired) electrons.